The van der Waals surface area contributed by atoms with Gasteiger partial charge in [0.2, 0.25) is 15.9 Å². The molecule has 152 valence electrons. The molecule has 0 aromatic heterocycles. The van der Waals surface area contributed by atoms with Crippen molar-refractivity contribution in [2.45, 2.75) is 36.4 Å². The monoisotopic (exact) mass is 427 g/mol. The predicted molar refractivity (Wildman–Crippen MR) is 95.9 cm³/mol. The second-order valence-electron chi connectivity index (χ2n) is 6.89. The van der Waals surface area contributed by atoms with E-state index in [1.807, 2.05) is 0 Å². The first-order chi connectivity index (χ1) is 12.1. The fourth-order valence-electron chi connectivity index (χ4n) is 3.93. The van der Waals surface area contributed by atoms with Gasteiger partial charge in [0.15, 0.2) is 0 Å². The maximum Gasteiger partial charge on any atom is 0.402 e. The molecule has 1 aromatic rings. The first-order valence-corrected chi connectivity index (χ1v) is 9.78. The molecule has 0 aliphatic heterocycles. The number of hydrogen-bond donors (Lipinski definition) is 3. The molecule has 4 unspecified atom stereocenters. The average molecular weight is 428 g/mol. The summed E-state index contributed by atoms with van der Waals surface area (Å²) >= 11 is 0. The number of carbonyl (C=O) groups is 1. The SMILES string of the molecule is Cl.NC1C2CCC(C2)C1C(=O)Nc1ccc(S(=O)(=O)NCC(F)(F)F)cc1. The molecule has 2 aliphatic carbocycles. The zero-order valence-corrected chi connectivity index (χ0v) is 15.8. The summed E-state index contributed by atoms with van der Waals surface area (Å²) in [6.45, 7) is -1.64. The summed E-state index contributed by atoms with van der Waals surface area (Å²) in [6.07, 6.45) is -1.65. The Morgan fingerprint density at radius 3 is 2.26 bits per heavy atom. The number of benzene rings is 1. The fraction of sp³-hybridized carbons (Fsp3) is 0.562. The first kappa shape index (κ1) is 21.9. The van der Waals surface area contributed by atoms with Crippen LogP contribution in [0.25, 0.3) is 0 Å². The van der Waals surface area contributed by atoms with Crippen molar-refractivity contribution in [3.05, 3.63) is 24.3 Å². The van der Waals surface area contributed by atoms with Crippen LogP contribution >= 0.6 is 12.4 Å². The molecule has 0 saturated heterocycles. The number of sulfonamides is 1. The number of rotatable bonds is 5. The van der Waals surface area contributed by atoms with Gasteiger partial charge in [0.05, 0.1) is 10.8 Å². The number of alkyl halides is 3. The minimum absolute atomic E-state index is 0. The molecule has 2 aliphatic rings. The van der Waals surface area contributed by atoms with Gasteiger partial charge in [0, 0.05) is 11.7 Å². The van der Waals surface area contributed by atoms with Gasteiger partial charge in [-0.1, -0.05) is 0 Å². The number of nitrogens with one attached hydrogen (secondary N) is 2. The summed E-state index contributed by atoms with van der Waals surface area (Å²) in [6, 6.07) is 4.82. The smallest absolute Gasteiger partial charge is 0.327 e. The lowest BCUT2D eigenvalue weighted by atomic mass is 9.84. The molecule has 0 radical (unpaired) electrons. The third-order valence-corrected chi connectivity index (χ3v) is 6.60. The molecule has 2 saturated carbocycles. The van der Waals surface area contributed by atoms with Gasteiger partial charge >= 0.3 is 6.18 Å². The number of fused-ring (bicyclic) bond motifs is 2. The number of amides is 1. The van der Waals surface area contributed by atoms with Crippen molar-refractivity contribution in [3.63, 3.8) is 0 Å². The van der Waals surface area contributed by atoms with E-state index >= 15 is 0 Å². The van der Waals surface area contributed by atoms with Gasteiger partial charge in [-0.15, -0.1) is 12.4 Å². The standard InChI is InChI=1S/C16H20F3N3O3S.ClH/c17-16(18,19)8-21-26(24,25)12-5-3-11(4-6-12)22-15(23)13-9-1-2-10(7-9)14(13)20;/h3-6,9-10,13-14,21H,1-2,7-8,20H2,(H,22,23);1H. The van der Waals surface area contributed by atoms with Crippen LogP contribution in [-0.4, -0.2) is 33.1 Å². The summed E-state index contributed by atoms with van der Waals surface area (Å²) in [4.78, 5) is 12.2. The Morgan fingerprint density at radius 2 is 1.74 bits per heavy atom. The molecule has 27 heavy (non-hydrogen) atoms. The first-order valence-electron chi connectivity index (χ1n) is 8.30. The van der Waals surface area contributed by atoms with Crippen LogP contribution in [0.4, 0.5) is 18.9 Å². The Morgan fingerprint density at radius 1 is 1.15 bits per heavy atom. The van der Waals surface area contributed by atoms with Crippen molar-refractivity contribution >= 4 is 34.0 Å². The molecule has 1 aromatic carbocycles. The summed E-state index contributed by atoms with van der Waals surface area (Å²) in [5, 5.41) is 2.72. The van der Waals surface area contributed by atoms with Crippen molar-refractivity contribution in [2.24, 2.45) is 23.5 Å². The molecule has 0 heterocycles. The zero-order chi connectivity index (χ0) is 19.1. The maximum absolute atomic E-state index is 12.5. The molecule has 0 spiro atoms. The summed E-state index contributed by atoms with van der Waals surface area (Å²) in [5.41, 5.74) is 6.50. The largest absolute Gasteiger partial charge is 0.402 e. The molecule has 3 rings (SSSR count). The highest BCUT2D eigenvalue weighted by atomic mass is 35.5. The van der Waals surface area contributed by atoms with Crippen molar-refractivity contribution in [1.29, 1.82) is 0 Å². The summed E-state index contributed by atoms with van der Waals surface area (Å²) < 4.78 is 61.7. The molecule has 4 N–H and O–H groups in total. The molecule has 4 atom stereocenters. The van der Waals surface area contributed by atoms with Crippen LogP contribution in [0.3, 0.4) is 0 Å². The second-order valence-corrected chi connectivity index (χ2v) is 8.66. The molecular weight excluding hydrogens is 407 g/mol. The quantitative estimate of drug-likeness (QED) is 0.670. The second kappa shape index (κ2) is 7.94. The van der Waals surface area contributed by atoms with E-state index in [0.29, 0.717) is 11.6 Å². The van der Waals surface area contributed by atoms with Crippen LogP contribution < -0.4 is 15.8 Å². The lowest BCUT2D eigenvalue weighted by molar-refractivity contribution is -0.122. The normalized spacial score (nSPS) is 27.3. The maximum atomic E-state index is 12.5. The van der Waals surface area contributed by atoms with Crippen LogP contribution in [0.1, 0.15) is 19.3 Å². The van der Waals surface area contributed by atoms with Gasteiger partial charge < -0.3 is 11.1 Å². The van der Waals surface area contributed by atoms with Gasteiger partial charge in [-0.2, -0.15) is 13.2 Å². The molecule has 2 fully saturated rings. The Hall–Kier alpha value is -1.36. The molecule has 2 bridgehead atoms. The Balaban J connectivity index is 0.00000261. The minimum atomic E-state index is -4.64. The van der Waals surface area contributed by atoms with E-state index in [-0.39, 0.29) is 41.1 Å². The fourth-order valence-corrected chi connectivity index (χ4v) is 4.94. The third kappa shape index (κ3) is 4.92. The Labute approximate surface area is 161 Å². The zero-order valence-electron chi connectivity index (χ0n) is 14.2. The van der Waals surface area contributed by atoms with Crippen LogP contribution in [0.15, 0.2) is 29.2 Å². The lowest BCUT2D eigenvalue weighted by Gasteiger charge is -2.27. The van der Waals surface area contributed by atoms with Crippen molar-refractivity contribution < 1.29 is 26.4 Å². The average Bonchev–Trinajstić information content (AvgIpc) is 3.14. The molecule has 11 heteroatoms. The van der Waals surface area contributed by atoms with Gasteiger partial charge in [0.1, 0.15) is 6.54 Å². The van der Waals surface area contributed by atoms with E-state index in [0.717, 1.165) is 31.4 Å². The predicted octanol–water partition coefficient (Wildman–Crippen LogP) is 2.26. The van der Waals surface area contributed by atoms with Crippen LogP contribution in [0.2, 0.25) is 0 Å². The van der Waals surface area contributed by atoms with Gasteiger partial charge in [-0.05, 0) is 55.4 Å². The van der Waals surface area contributed by atoms with E-state index < -0.39 is 22.7 Å². The van der Waals surface area contributed by atoms with E-state index in [4.69, 9.17) is 5.73 Å². The number of halogens is 4. The topological polar surface area (TPSA) is 101 Å². The van der Waals surface area contributed by atoms with Crippen LogP contribution in [-0.2, 0) is 14.8 Å². The summed E-state index contributed by atoms with van der Waals surface area (Å²) in [7, 11) is -4.27. The van der Waals surface area contributed by atoms with Crippen molar-refractivity contribution in [2.75, 3.05) is 11.9 Å². The van der Waals surface area contributed by atoms with Gasteiger partial charge in [-0.25, -0.2) is 13.1 Å². The van der Waals surface area contributed by atoms with E-state index in [9.17, 15) is 26.4 Å². The highest BCUT2D eigenvalue weighted by Gasteiger charge is 2.49. The van der Waals surface area contributed by atoms with Gasteiger partial charge in [-0.3, -0.25) is 4.79 Å². The van der Waals surface area contributed by atoms with E-state index in [1.165, 1.54) is 16.9 Å². The van der Waals surface area contributed by atoms with Crippen LogP contribution in [0.5, 0.6) is 0 Å². The highest BCUT2D eigenvalue weighted by Crippen LogP contribution is 2.47. The van der Waals surface area contributed by atoms with Crippen molar-refractivity contribution in [3.8, 4) is 0 Å². The highest BCUT2D eigenvalue weighted by molar-refractivity contribution is 7.89. The number of hydrogen-bond acceptors (Lipinski definition) is 4. The third-order valence-electron chi connectivity index (χ3n) is 5.18. The molecular formula is C16H21ClF3N3O3S. The number of carbonyl (C=O) groups excluding carboxylic acids is 1. The minimum Gasteiger partial charge on any atom is -0.327 e. The lowest BCUT2D eigenvalue weighted by Crippen LogP contribution is -2.42. The van der Waals surface area contributed by atoms with Gasteiger partial charge in [0.25, 0.3) is 0 Å². The van der Waals surface area contributed by atoms with E-state index in [1.54, 1.807) is 0 Å². The molecule has 6 nitrogen and oxygen atoms in total. The Bertz CT molecular complexity index is 784. The van der Waals surface area contributed by atoms with Crippen LogP contribution in [0, 0.1) is 17.8 Å². The van der Waals surface area contributed by atoms with E-state index in [2.05, 4.69) is 5.32 Å². The number of nitrogens with two attached hydrogens (primary N) is 1. The van der Waals surface area contributed by atoms with Crippen molar-refractivity contribution in [1.82, 2.24) is 4.72 Å². The number of anilines is 1. The Kier molecular flexibility index (Phi) is 6.45. The summed E-state index contributed by atoms with van der Waals surface area (Å²) in [5.74, 6) is 0.199. The molecule has 1 amide bonds.